The molecule has 2 rings (SSSR count). The molecule has 0 aliphatic carbocycles. The van der Waals surface area contributed by atoms with Crippen LogP contribution in [-0.2, 0) is 4.74 Å². The molecule has 2 atom stereocenters. The van der Waals surface area contributed by atoms with Gasteiger partial charge in [0.15, 0.2) is 0 Å². The van der Waals surface area contributed by atoms with Gasteiger partial charge in [-0.1, -0.05) is 15.9 Å². The first-order valence-electron chi connectivity index (χ1n) is 6.81. The molecule has 4 heteroatoms. The lowest BCUT2D eigenvalue weighted by atomic mass is 9.78. The predicted octanol–water partition coefficient (Wildman–Crippen LogP) is 3.23. The second-order valence-corrected chi connectivity index (χ2v) is 6.12. The van der Waals surface area contributed by atoms with Gasteiger partial charge in [-0.25, -0.2) is 0 Å². The largest absolute Gasteiger partial charge is 0.494 e. The molecule has 106 valence electrons. The van der Waals surface area contributed by atoms with Gasteiger partial charge in [0.05, 0.1) is 12.7 Å². The van der Waals surface area contributed by atoms with Crippen molar-refractivity contribution < 1.29 is 9.47 Å². The number of hydrogen-bond donors (Lipinski definition) is 1. The Morgan fingerprint density at radius 1 is 1.42 bits per heavy atom. The fourth-order valence-corrected chi connectivity index (χ4v) is 2.99. The molecular formula is C15H22BrNO2. The number of ether oxygens (including phenoxy) is 2. The summed E-state index contributed by atoms with van der Waals surface area (Å²) in [6.07, 6.45) is 2.43. The molecule has 0 aromatic heterocycles. The van der Waals surface area contributed by atoms with Crippen molar-refractivity contribution in [1.82, 2.24) is 5.32 Å². The van der Waals surface area contributed by atoms with Crippen molar-refractivity contribution in [1.29, 1.82) is 0 Å². The van der Waals surface area contributed by atoms with Gasteiger partial charge in [0.2, 0.25) is 0 Å². The zero-order chi connectivity index (χ0) is 13.7. The molecule has 0 amide bonds. The average molecular weight is 328 g/mol. The summed E-state index contributed by atoms with van der Waals surface area (Å²) < 4.78 is 12.6. The molecule has 0 radical (unpaired) electrons. The average Bonchev–Trinajstić information content (AvgIpc) is 2.74. The molecule has 2 unspecified atom stereocenters. The molecule has 1 heterocycles. The summed E-state index contributed by atoms with van der Waals surface area (Å²) in [6, 6.07) is 7.98. The molecule has 3 nitrogen and oxygen atoms in total. The molecule has 1 aliphatic rings. The van der Waals surface area contributed by atoms with Crippen LogP contribution < -0.4 is 10.1 Å². The highest BCUT2D eigenvalue weighted by Gasteiger charge is 2.40. The van der Waals surface area contributed by atoms with E-state index in [-0.39, 0.29) is 5.41 Å². The summed E-state index contributed by atoms with van der Waals surface area (Å²) in [5.74, 6) is 0.925. The van der Waals surface area contributed by atoms with Crippen molar-refractivity contribution in [3.8, 4) is 5.75 Å². The van der Waals surface area contributed by atoms with Crippen LogP contribution in [0.5, 0.6) is 5.75 Å². The van der Waals surface area contributed by atoms with E-state index < -0.39 is 0 Å². The zero-order valence-electron chi connectivity index (χ0n) is 11.6. The lowest BCUT2D eigenvalue weighted by molar-refractivity contribution is 0.0515. The molecule has 0 saturated carbocycles. The number of rotatable bonds is 6. The fraction of sp³-hybridized carbons (Fsp3) is 0.600. The van der Waals surface area contributed by atoms with Gasteiger partial charge < -0.3 is 14.8 Å². The van der Waals surface area contributed by atoms with Crippen molar-refractivity contribution in [2.24, 2.45) is 5.41 Å². The topological polar surface area (TPSA) is 30.5 Å². The van der Waals surface area contributed by atoms with Crippen LogP contribution in [0.4, 0.5) is 0 Å². The van der Waals surface area contributed by atoms with Crippen LogP contribution >= 0.6 is 15.9 Å². The van der Waals surface area contributed by atoms with Crippen LogP contribution in [0.25, 0.3) is 0 Å². The second-order valence-electron chi connectivity index (χ2n) is 5.21. The Hall–Kier alpha value is -0.580. The molecule has 1 aromatic rings. The SMILES string of the molecule is CNCC1(CCOc2ccc(Br)cc2)CCOC1C. The molecule has 1 fully saturated rings. The molecular weight excluding hydrogens is 306 g/mol. The van der Waals surface area contributed by atoms with Crippen LogP contribution in [0.2, 0.25) is 0 Å². The van der Waals surface area contributed by atoms with Crippen molar-refractivity contribution >= 4 is 15.9 Å². The number of nitrogens with one attached hydrogen (secondary N) is 1. The van der Waals surface area contributed by atoms with E-state index in [0.29, 0.717) is 6.10 Å². The standard InChI is InChI=1S/C15H22BrNO2/c1-12-15(11-17-2,7-9-18-12)8-10-19-14-5-3-13(16)4-6-14/h3-6,12,17H,7-11H2,1-2H3. The monoisotopic (exact) mass is 327 g/mol. The number of hydrogen-bond acceptors (Lipinski definition) is 3. The fourth-order valence-electron chi connectivity index (χ4n) is 2.72. The summed E-state index contributed by atoms with van der Waals surface area (Å²) >= 11 is 3.42. The van der Waals surface area contributed by atoms with E-state index in [9.17, 15) is 0 Å². The predicted molar refractivity (Wildman–Crippen MR) is 80.6 cm³/mol. The first-order chi connectivity index (χ1) is 9.16. The zero-order valence-corrected chi connectivity index (χ0v) is 13.2. The summed E-state index contributed by atoms with van der Waals surface area (Å²) in [5, 5.41) is 3.30. The summed E-state index contributed by atoms with van der Waals surface area (Å²) in [4.78, 5) is 0. The minimum atomic E-state index is 0.212. The van der Waals surface area contributed by atoms with E-state index >= 15 is 0 Å². The van der Waals surface area contributed by atoms with E-state index in [1.807, 2.05) is 31.3 Å². The molecule has 1 aliphatic heterocycles. The van der Waals surface area contributed by atoms with Crippen molar-refractivity contribution in [3.63, 3.8) is 0 Å². The quantitative estimate of drug-likeness (QED) is 0.870. The van der Waals surface area contributed by atoms with Crippen LogP contribution in [-0.4, -0.2) is 32.9 Å². The van der Waals surface area contributed by atoms with E-state index in [1.165, 1.54) is 0 Å². The lowest BCUT2D eigenvalue weighted by Gasteiger charge is -2.32. The first kappa shape index (κ1) is 14.8. The normalized spacial score (nSPS) is 26.6. The second kappa shape index (κ2) is 6.73. The summed E-state index contributed by atoms with van der Waals surface area (Å²) in [7, 11) is 2.00. The molecule has 1 aromatic carbocycles. The van der Waals surface area contributed by atoms with E-state index in [1.54, 1.807) is 0 Å². The molecule has 19 heavy (non-hydrogen) atoms. The maximum atomic E-state index is 5.84. The van der Waals surface area contributed by atoms with E-state index in [0.717, 1.165) is 42.8 Å². The van der Waals surface area contributed by atoms with Gasteiger partial charge in [-0.15, -0.1) is 0 Å². The molecule has 0 bridgehead atoms. The third-order valence-corrected chi connectivity index (χ3v) is 4.57. The van der Waals surface area contributed by atoms with Crippen LogP contribution in [0.3, 0.4) is 0 Å². The van der Waals surface area contributed by atoms with Crippen LogP contribution in [0.1, 0.15) is 19.8 Å². The highest BCUT2D eigenvalue weighted by Crippen LogP contribution is 2.37. The Kier molecular flexibility index (Phi) is 5.25. The van der Waals surface area contributed by atoms with Crippen molar-refractivity contribution in [2.45, 2.75) is 25.9 Å². The van der Waals surface area contributed by atoms with Crippen LogP contribution in [0.15, 0.2) is 28.7 Å². The molecule has 1 saturated heterocycles. The van der Waals surface area contributed by atoms with Gasteiger partial charge in [-0.3, -0.25) is 0 Å². The van der Waals surface area contributed by atoms with Gasteiger partial charge in [0.25, 0.3) is 0 Å². The summed E-state index contributed by atoms with van der Waals surface area (Å²) in [5.41, 5.74) is 0.212. The van der Waals surface area contributed by atoms with Gasteiger partial charge >= 0.3 is 0 Å². The lowest BCUT2D eigenvalue weighted by Crippen LogP contribution is -2.39. The molecule has 1 N–H and O–H groups in total. The Bertz CT molecular complexity index is 396. The first-order valence-corrected chi connectivity index (χ1v) is 7.60. The maximum Gasteiger partial charge on any atom is 0.119 e. The van der Waals surface area contributed by atoms with Crippen LogP contribution in [0, 0.1) is 5.41 Å². The van der Waals surface area contributed by atoms with E-state index in [4.69, 9.17) is 9.47 Å². The Morgan fingerprint density at radius 2 is 2.16 bits per heavy atom. The summed E-state index contributed by atoms with van der Waals surface area (Å²) in [6.45, 7) is 4.75. The third kappa shape index (κ3) is 3.71. The Balaban J connectivity index is 1.87. The minimum Gasteiger partial charge on any atom is -0.494 e. The van der Waals surface area contributed by atoms with Gasteiger partial charge in [-0.2, -0.15) is 0 Å². The maximum absolute atomic E-state index is 5.84. The van der Waals surface area contributed by atoms with Gasteiger partial charge in [0, 0.05) is 23.0 Å². The van der Waals surface area contributed by atoms with Gasteiger partial charge in [0.1, 0.15) is 5.75 Å². The van der Waals surface area contributed by atoms with Gasteiger partial charge in [-0.05, 0) is 51.1 Å². The Morgan fingerprint density at radius 3 is 2.74 bits per heavy atom. The van der Waals surface area contributed by atoms with Crippen molar-refractivity contribution in [3.05, 3.63) is 28.7 Å². The van der Waals surface area contributed by atoms with E-state index in [2.05, 4.69) is 28.2 Å². The minimum absolute atomic E-state index is 0.212. The number of benzene rings is 1. The molecule has 0 spiro atoms. The Labute approximate surface area is 123 Å². The highest BCUT2D eigenvalue weighted by molar-refractivity contribution is 9.10. The smallest absolute Gasteiger partial charge is 0.119 e. The third-order valence-electron chi connectivity index (χ3n) is 4.04. The van der Waals surface area contributed by atoms with Crippen molar-refractivity contribution in [2.75, 3.05) is 26.8 Å². The highest BCUT2D eigenvalue weighted by atomic mass is 79.9. The number of halogens is 1.